The van der Waals surface area contributed by atoms with Crippen LogP contribution in [0.15, 0.2) is 28.9 Å². The number of hydrogen-bond acceptors (Lipinski definition) is 1. The first kappa shape index (κ1) is 12.2. The average molecular weight is 307 g/mol. The van der Waals surface area contributed by atoms with E-state index in [0.29, 0.717) is 0 Å². The third-order valence-corrected chi connectivity index (χ3v) is 4.32. The van der Waals surface area contributed by atoms with Gasteiger partial charge in [-0.2, -0.15) is 0 Å². The quantitative estimate of drug-likeness (QED) is 0.876. The van der Waals surface area contributed by atoms with Gasteiger partial charge in [-0.3, -0.25) is 4.90 Å². The molecule has 2 aromatic rings. The number of nitrogens with zero attached hydrogens (tertiary/aromatic N) is 1. The van der Waals surface area contributed by atoms with E-state index < -0.39 is 0 Å². The zero-order valence-corrected chi connectivity index (χ0v) is 12.2. The van der Waals surface area contributed by atoms with Gasteiger partial charge in [-0.25, -0.2) is 0 Å². The third kappa shape index (κ3) is 2.62. The highest BCUT2D eigenvalue weighted by atomic mass is 79.9. The van der Waals surface area contributed by atoms with E-state index in [1.807, 2.05) is 0 Å². The Morgan fingerprint density at radius 3 is 2.67 bits per heavy atom. The zero-order valence-electron chi connectivity index (χ0n) is 10.6. The molecule has 0 unspecified atom stereocenters. The van der Waals surface area contributed by atoms with Crippen LogP contribution in [0.3, 0.4) is 0 Å². The second-order valence-electron chi connectivity index (χ2n) is 5.19. The number of halogens is 1. The fourth-order valence-electron chi connectivity index (χ4n) is 2.82. The average Bonchev–Trinajstić information content (AvgIpc) is 2.59. The molecule has 3 rings (SSSR count). The molecule has 0 aliphatic carbocycles. The molecule has 0 spiro atoms. The Kier molecular flexibility index (Phi) is 3.71. The summed E-state index contributed by atoms with van der Waals surface area (Å²) in [4.78, 5) is 5.97. The van der Waals surface area contributed by atoms with E-state index in [-0.39, 0.29) is 0 Å². The van der Waals surface area contributed by atoms with Crippen molar-refractivity contribution in [2.75, 3.05) is 13.1 Å². The number of nitrogens with one attached hydrogen (secondary N) is 1. The maximum Gasteiger partial charge on any atom is 0.0468 e. The summed E-state index contributed by atoms with van der Waals surface area (Å²) >= 11 is 3.52. The summed E-state index contributed by atoms with van der Waals surface area (Å²) in [5.41, 5.74) is 2.66. The van der Waals surface area contributed by atoms with Crippen LogP contribution < -0.4 is 0 Å². The highest BCUT2D eigenvalue weighted by molar-refractivity contribution is 9.10. The van der Waals surface area contributed by atoms with E-state index in [0.717, 1.165) is 11.0 Å². The zero-order chi connectivity index (χ0) is 12.4. The van der Waals surface area contributed by atoms with Gasteiger partial charge in [-0.15, -0.1) is 0 Å². The maximum atomic E-state index is 3.52. The van der Waals surface area contributed by atoms with Gasteiger partial charge >= 0.3 is 0 Å². The molecule has 0 bridgehead atoms. The lowest BCUT2D eigenvalue weighted by molar-refractivity contribution is 0.278. The van der Waals surface area contributed by atoms with Crippen molar-refractivity contribution in [3.63, 3.8) is 0 Å². The number of rotatable bonds is 2. The fourth-order valence-corrected chi connectivity index (χ4v) is 3.19. The van der Waals surface area contributed by atoms with Gasteiger partial charge in [0.25, 0.3) is 0 Å². The Hall–Kier alpha value is -0.800. The lowest BCUT2D eigenvalue weighted by Crippen LogP contribution is -2.23. The monoisotopic (exact) mass is 306 g/mol. The molecular formula is C15H19BrN2. The van der Waals surface area contributed by atoms with Crippen LogP contribution in [-0.4, -0.2) is 23.0 Å². The van der Waals surface area contributed by atoms with Crippen LogP contribution in [0.1, 0.15) is 31.2 Å². The van der Waals surface area contributed by atoms with Crippen LogP contribution in [0.2, 0.25) is 0 Å². The van der Waals surface area contributed by atoms with Gasteiger partial charge in [0.15, 0.2) is 0 Å². The molecule has 0 amide bonds. The first-order valence-electron chi connectivity index (χ1n) is 6.81. The van der Waals surface area contributed by atoms with Crippen LogP contribution in [0.25, 0.3) is 10.9 Å². The van der Waals surface area contributed by atoms with Crippen molar-refractivity contribution in [2.45, 2.75) is 32.2 Å². The van der Waals surface area contributed by atoms with Crippen LogP contribution in [0.4, 0.5) is 0 Å². The Morgan fingerprint density at radius 2 is 1.89 bits per heavy atom. The summed E-state index contributed by atoms with van der Waals surface area (Å²) in [5, 5.41) is 1.36. The van der Waals surface area contributed by atoms with Gasteiger partial charge in [0.2, 0.25) is 0 Å². The molecule has 0 atom stereocenters. The third-order valence-electron chi connectivity index (χ3n) is 3.82. The molecule has 1 aliphatic rings. The van der Waals surface area contributed by atoms with Crippen LogP contribution in [-0.2, 0) is 6.54 Å². The second kappa shape index (κ2) is 5.45. The van der Waals surface area contributed by atoms with Crippen molar-refractivity contribution in [2.24, 2.45) is 0 Å². The van der Waals surface area contributed by atoms with Crippen LogP contribution in [0, 0.1) is 0 Å². The van der Waals surface area contributed by atoms with E-state index in [4.69, 9.17) is 0 Å². The van der Waals surface area contributed by atoms with E-state index in [9.17, 15) is 0 Å². The molecular weight excluding hydrogens is 288 g/mol. The first-order chi connectivity index (χ1) is 8.83. The normalized spacial score (nSPS) is 18.1. The maximum absolute atomic E-state index is 3.52. The standard InChI is InChI=1S/C15H19BrN2/c16-13-5-6-14-12(10-17-15(14)9-13)11-18-7-3-1-2-4-8-18/h5-6,9-10,17H,1-4,7-8,11H2. The predicted octanol–water partition coefficient (Wildman–Crippen LogP) is 4.31. The van der Waals surface area contributed by atoms with E-state index in [1.54, 1.807) is 0 Å². The van der Waals surface area contributed by atoms with E-state index in [2.05, 4.69) is 50.2 Å². The fraction of sp³-hybridized carbons (Fsp3) is 0.467. The number of benzene rings is 1. The summed E-state index contributed by atoms with van der Waals surface area (Å²) < 4.78 is 1.14. The summed E-state index contributed by atoms with van der Waals surface area (Å²) in [6.07, 6.45) is 7.68. The lowest BCUT2D eigenvalue weighted by Gasteiger charge is -2.19. The second-order valence-corrected chi connectivity index (χ2v) is 6.11. The minimum atomic E-state index is 1.08. The number of aromatic nitrogens is 1. The Balaban J connectivity index is 1.81. The molecule has 1 N–H and O–H groups in total. The molecule has 2 heterocycles. The molecule has 96 valence electrons. The SMILES string of the molecule is Brc1ccc2c(CN3CCCCCC3)c[nH]c2c1. The van der Waals surface area contributed by atoms with Crippen LogP contribution >= 0.6 is 15.9 Å². The summed E-state index contributed by atoms with van der Waals surface area (Å²) in [6.45, 7) is 3.59. The molecule has 3 heteroatoms. The van der Waals surface area contributed by atoms with Gasteiger partial charge in [-0.05, 0) is 43.6 Å². The summed E-state index contributed by atoms with van der Waals surface area (Å²) in [7, 11) is 0. The highest BCUT2D eigenvalue weighted by Crippen LogP contribution is 2.24. The van der Waals surface area contributed by atoms with Gasteiger partial charge in [-0.1, -0.05) is 34.8 Å². The van der Waals surface area contributed by atoms with Gasteiger partial charge in [0.05, 0.1) is 0 Å². The van der Waals surface area contributed by atoms with Gasteiger partial charge in [0, 0.05) is 28.1 Å². The van der Waals surface area contributed by atoms with Crippen molar-refractivity contribution < 1.29 is 0 Å². The molecule has 0 saturated carbocycles. The predicted molar refractivity (Wildman–Crippen MR) is 79.7 cm³/mol. The van der Waals surface area contributed by atoms with Crippen molar-refractivity contribution in [1.82, 2.24) is 9.88 Å². The van der Waals surface area contributed by atoms with E-state index >= 15 is 0 Å². The number of likely N-dealkylation sites (tertiary alicyclic amines) is 1. The topological polar surface area (TPSA) is 19.0 Å². The molecule has 1 fully saturated rings. The molecule has 0 radical (unpaired) electrons. The molecule has 2 nitrogen and oxygen atoms in total. The Labute approximate surface area is 116 Å². The molecule has 1 aliphatic heterocycles. The highest BCUT2D eigenvalue weighted by Gasteiger charge is 2.12. The van der Waals surface area contributed by atoms with Crippen molar-refractivity contribution in [3.05, 3.63) is 34.4 Å². The van der Waals surface area contributed by atoms with Gasteiger partial charge < -0.3 is 4.98 Å². The Morgan fingerprint density at radius 1 is 1.11 bits per heavy atom. The molecule has 1 saturated heterocycles. The van der Waals surface area contributed by atoms with Gasteiger partial charge in [0.1, 0.15) is 0 Å². The van der Waals surface area contributed by atoms with Crippen molar-refractivity contribution in [3.8, 4) is 0 Å². The number of aromatic amines is 1. The number of hydrogen-bond donors (Lipinski definition) is 1. The van der Waals surface area contributed by atoms with Crippen molar-refractivity contribution in [1.29, 1.82) is 0 Å². The minimum Gasteiger partial charge on any atom is -0.361 e. The van der Waals surface area contributed by atoms with E-state index in [1.165, 1.54) is 55.2 Å². The van der Waals surface area contributed by atoms with Crippen LogP contribution in [0.5, 0.6) is 0 Å². The minimum absolute atomic E-state index is 1.08. The number of fused-ring (bicyclic) bond motifs is 1. The molecule has 1 aromatic heterocycles. The smallest absolute Gasteiger partial charge is 0.0468 e. The number of H-pyrrole nitrogens is 1. The largest absolute Gasteiger partial charge is 0.361 e. The van der Waals surface area contributed by atoms with Crippen molar-refractivity contribution >= 4 is 26.8 Å². The summed E-state index contributed by atoms with van der Waals surface area (Å²) in [5.74, 6) is 0. The summed E-state index contributed by atoms with van der Waals surface area (Å²) in [6, 6.07) is 6.49. The Bertz CT molecular complexity index is 524. The molecule has 18 heavy (non-hydrogen) atoms. The lowest BCUT2D eigenvalue weighted by atomic mass is 10.1. The first-order valence-corrected chi connectivity index (χ1v) is 7.60. The molecule has 1 aromatic carbocycles.